The Kier molecular flexibility index (Phi) is 4.45. The predicted octanol–water partition coefficient (Wildman–Crippen LogP) is 5.45. The zero-order chi connectivity index (χ0) is 26.2. The molecule has 0 aromatic heterocycles. The van der Waals surface area contributed by atoms with Gasteiger partial charge in [-0.3, -0.25) is 0 Å². The number of benzene rings is 5. The van der Waals surface area contributed by atoms with E-state index in [-0.39, 0.29) is 13.7 Å². The van der Waals surface area contributed by atoms with E-state index in [4.69, 9.17) is 0 Å². The van der Waals surface area contributed by atoms with Gasteiger partial charge in [0.05, 0.1) is 0 Å². The van der Waals surface area contributed by atoms with Gasteiger partial charge in [0.1, 0.15) is 0 Å². The molecule has 4 heteroatoms. The van der Waals surface area contributed by atoms with E-state index in [1.54, 1.807) is 0 Å². The summed E-state index contributed by atoms with van der Waals surface area (Å²) in [6, 6.07) is 55.0. The molecule has 0 N–H and O–H groups in total. The molecule has 2 nitrogen and oxygen atoms in total. The van der Waals surface area contributed by atoms with Crippen LogP contribution < -0.4 is 31.5 Å². The van der Waals surface area contributed by atoms with E-state index in [0.29, 0.717) is 0 Å². The molecule has 3 heterocycles. The second kappa shape index (κ2) is 8.18. The summed E-state index contributed by atoms with van der Waals surface area (Å²) in [6.07, 6.45) is 0. The van der Waals surface area contributed by atoms with Gasteiger partial charge in [0, 0.05) is 39.4 Å². The van der Waals surface area contributed by atoms with Gasteiger partial charge in [-0.15, -0.1) is 0 Å². The van der Waals surface area contributed by atoms with Crippen LogP contribution in [0, 0.1) is 12.1 Å². The molecule has 0 aliphatic carbocycles. The standard InChI is InChI=1S/C36H22B2N2/c1-3-13-25(14-4-1)37-30-20-11-24-34-35(30)36-31(21-12-23-33(36)39(37)26-15-5-2-6-16-26)38-29-19-9-7-17-27(29)28-18-8-10-22-32(28)40(34)38/h2-3,5-24H. The number of fused-ring (bicyclic) bond motifs is 8. The largest absolute Gasteiger partial charge is 0.376 e. The summed E-state index contributed by atoms with van der Waals surface area (Å²) in [4.78, 5) is 5.11. The van der Waals surface area contributed by atoms with Crippen LogP contribution in [0.15, 0.2) is 133 Å². The zero-order valence-electron chi connectivity index (χ0n) is 21.8. The molecular formula is C36H22B2N2. The van der Waals surface area contributed by atoms with Crippen molar-refractivity contribution in [3.8, 4) is 22.3 Å². The number of hydrogen-bond acceptors (Lipinski definition) is 2. The van der Waals surface area contributed by atoms with Crippen molar-refractivity contribution in [2.45, 2.75) is 0 Å². The molecule has 6 aromatic carbocycles. The van der Waals surface area contributed by atoms with Crippen LogP contribution in [0.1, 0.15) is 0 Å². The fraction of sp³-hybridized carbons (Fsp3) is 0. The van der Waals surface area contributed by atoms with Crippen LogP contribution in [0.4, 0.5) is 22.7 Å². The van der Waals surface area contributed by atoms with Gasteiger partial charge >= 0.3 is 13.7 Å². The number of nitrogens with zero attached hydrogens (tertiary/aromatic N) is 2. The van der Waals surface area contributed by atoms with E-state index in [2.05, 4.69) is 149 Å². The summed E-state index contributed by atoms with van der Waals surface area (Å²) in [7, 11) is 0. The van der Waals surface area contributed by atoms with Crippen molar-refractivity contribution in [3.63, 3.8) is 0 Å². The number of rotatable bonds is 2. The average Bonchev–Trinajstić information content (AvgIpc) is 3.04. The van der Waals surface area contributed by atoms with Gasteiger partial charge in [0.15, 0.2) is 0 Å². The van der Waals surface area contributed by atoms with Crippen LogP contribution in [-0.4, -0.2) is 13.7 Å². The minimum Gasteiger partial charge on any atom is -0.376 e. The van der Waals surface area contributed by atoms with Crippen LogP contribution in [0.25, 0.3) is 22.3 Å². The predicted molar refractivity (Wildman–Crippen MR) is 169 cm³/mol. The minimum atomic E-state index is 0.00909. The Morgan fingerprint density at radius 3 is 1.85 bits per heavy atom. The Balaban J connectivity index is 1.41. The monoisotopic (exact) mass is 504 g/mol. The van der Waals surface area contributed by atoms with Gasteiger partial charge in [-0.05, 0) is 69.9 Å². The highest BCUT2D eigenvalue weighted by Crippen LogP contribution is 2.49. The van der Waals surface area contributed by atoms with Gasteiger partial charge in [0.2, 0.25) is 0 Å². The molecule has 9 rings (SSSR count). The maximum atomic E-state index is 3.23. The van der Waals surface area contributed by atoms with Crippen LogP contribution >= 0.6 is 0 Å². The molecule has 0 atom stereocenters. The molecule has 0 spiro atoms. The smallest absolute Gasteiger partial charge is 0.329 e. The highest BCUT2D eigenvalue weighted by atomic mass is 15.1. The lowest BCUT2D eigenvalue weighted by Crippen LogP contribution is -2.64. The van der Waals surface area contributed by atoms with Crippen molar-refractivity contribution in [2.75, 3.05) is 9.62 Å². The fourth-order valence-corrected chi connectivity index (χ4v) is 7.28. The van der Waals surface area contributed by atoms with E-state index in [9.17, 15) is 0 Å². The molecule has 3 aliphatic heterocycles. The van der Waals surface area contributed by atoms with Crippen molar-refractivity contribution in [1.29, 1.82) is 0 Å². The normalized spacial score (nSPS) is 13.6. The molecule has 6 aromatic rings. The quantitative estimate of drug-likeness (QED) is 0.290. The van der Waals surface area contributed by atoms with Gasteiger partial charge in [-0.1, -0.05) is 103 Å². The Hall–Kier alpha value is -5.13. The lowest BCUT2D eigenvalue weighted by atomic mass is 9.39. The van der Waals surface area contributed by atoms with E-state index < -0.39 is 0 Å². The molecule has 0 fully saturated rings. The number of hydrogen-bond donors (Lipinski definition) is 0. The summed E-state index contributed by atoms with van der Waals surface area (Å²) in [5.74, 6) is 0. The third kappa shape index (κ3) is 2.82. The Morgan fingerprint density at radius 2 is 1.07 bits per heavy atom. The number of anilines is 4. The maximum absolute atomic E-state index is 3.23. The molecule has 0 amide bonds. The number of para-hydroxylation sites is 2. The zero-order valence-corrected chi connectivity index (χ0v) is 21.8. The Morgan fingerprint density at radius 1 is 0.450 bits per heavy atom. The lowest BCUT2D eigenvalue weighted by molar-refractivity contribution is 1.32. The van der Waals surface area contributed by atoms with Crippen molar-refractivity contribution in [1.82, 2.24) is 0 Å². The molecule has 0 radical (unpaired) electrons. The van der Waals surface area contributed by atoms with Crippen LogP contribution in [0.2, 0.25) is 0 Å². The van der Waals surface area contributed by atoms with Crippen molar-refractivity contribution < 1.29 is 0 Å². The summed E-state index contributed by atoms with van der Waals surface area (Å²) < 4.78 is 0. The van der Waals surface area contributed by atoms with Crippen molar-refractivity contribution in [2.24, 2.45) is 0 Å². The first-order valence-corrected chi connectivity index (χ1v) is 13.9. The van der Waals surface area contributed by atoms with E-state index in [1.165, 1.54) is 66.9 Å². The first kappa shape index (κ1) is 21.8. The topological polar surface area (TPSA) is 6.48 Å². The third-order valence-corrected chi connectivity index (χ3v) is 8.76. The van der Waals surface area contributed by atoms with Gasteiger partial charge in [0.25, 0.3) is 0 Å². The summed E-state index contributed by atoms with van der Waals surface area (Å²) in [6.45, 7) is 0.104. The Labute approximate surface area is 235 Å². The SMILES string of the molecule is c1ccc(B2c3cccc4c3-c3c(cccc3N2c2ccccc2)B2c3ccccc3-c3ccccc3N24)cc#1. The van der Waals surface area contributed by atoms with E-state index >= 15 is 0 Å². The molecule has 0 unspecified atom stereocenters. The Bertz CT molecular complexity index is 1750. The van der Waals surface area contributed by atoms with Crippen molar-refractivity contribution in [3.05, 3.63) is 146 Å². The van der Waals surface area contributed by atoms with Crippen LogP contribution in [0.5, 0.6) is 0 Å². The molecule has 0 saturated heterocycles. The molecule has 0 bridgehead atoms. The third-order valence-electron chi connectivity index (χ3n) is 8.76. The average molecular weight is 504 g/mol. The molecule has 40 heavy (non-hydrogen) atoms. The van der Waals surface area contributed by atoms with Crippen LogP contribution in [-0.2, 0) is 0 Å². The van der Waals surface area contributed by atoms with Crippen molar-refractivity contribution >= 4 is 58.3 Å². The molecule has 0 saturated carbocycles. The lowest BCUT2D eigenvalue weighted by Gasteiger charge is -2.48. The van der Waals surface area contributed by atoms with Gasteiger partial charge in [-0.25, -0.2) is 0 Å². The first-order chi connectivity index (χ1) is 19.9. The molecular weight excluding hydrogens is 482 g/mol. The molecule has 3 aliphatic rings. The summed E-state index contributed by atoms with van der Waals surface area (Å²) in [5.41, 5.74) is 15.5. The second-order valence-corrected chi connectivity index (χ2v) is 10.7. The second-order valence-electron chi connectivity index (χ2n) is 10.7. The maximum Gasteiger partial charge on any atom is 0.329 e. The van der Waals surface area contributed by atoms with Gasteiger partial charge < -0.3 is 9.62 Å². The van der Waals surface area contributed by atoms with E-state index in [1.807, 2.05) is 6.07 Å². The van der Waals surface area contributed by atoms with E-state index in [0.717, 1.165) is 0 Å². The first-order valence-electron chi connectivity index (χ1n) is 13.9. The van der Waals surface area contributed by atoms with Gasteiger partial charge in [-0.2, -0.15) is 0 Å². The molecule has 182 valence electrons. The highest BCUT2D eigenvalue weighted by molar-refractivity contribution is 6.95. The minimum absolute atomic E-state index is 0.00909. The summed E-state index contributed by atoms with van der Waals surface area (Å²) in [5, 5.41) is 0. The fourth-order valence-electron chi connectivity index (χ4n) is 7.28. The summed E-state index contributed by atoms with van der Waals surface area (Å²) >= 11 is 0. The highest BCUT2D eigenvalue weighted by Gasteiger charge is 2.47. The van der Waals surface area contributed by atoms with Crippen LogP contribution in [0.3, 0.4) is 0 Å².